The molecule has 3 heterocycles. The Labute approximate surface area is 198 Å². The highest BCUT2D eigenvalue weighted by Crippen LogP contribution is 2.32. The van der Waals surface area contributed by atoms with Crippen LogP contribution in [0.1, 0.15) is 24.0 Å². The minimum Gasteiger partial charge on any atom is -0.286 e. The number of benzene rings is 2. The first kappa shape index (κ1) is 21.2. The topological polar surface area (TPSA) is 47.8 Å². The Hall–Kier alpha value is -2.67. The molecule has 160 valence electrons. The maximum atomic E-state index is 13.6. The van der Waals surface area contributed by atoms with E-state index in [1.165, 1.54) is 16.9 Å². The summed E-state index contributed by atoms with van der Waals surface area (Å²) in [6.45, 7) is 2.70. The largest absolute Gasteiger partial charge is 0.286 e. The second-order valence-electron chi connectivity index (χ2n) is 7.68. The van der Waals surface area contributed by atoms with Crippen LogP contribution in [0.15, 0.2) is 82.9 Å². The zero-order chi connectivity index (χ0) is 22.1. The fraction of sp³-hybridized carbons (Fsp3) is 0.160. The summed E-state index contributed by atoms with van der Waals surface area (Å²) in [7, 11) is 0. The van der Waals surface area contributed by atoms with Crippen molar-refractivity contribution < 1.29 is 0 Å². The van der Waals surface area contributed by atoms with E-state index in [4.69, 9.17) is 16.6 Å². The van der Waals surface area contributed by atoms with Crippen molar-refractivity contribution in [3.63, 3.8) is 0 Å². The Bertz CT molecular complexity index is 1460. The van der Waals surface area contributed by atoms with Crippen molar-refractivity contribution in [2.75, 3.05) is 0 Å². The summed E-state index contributed by atoms with van der Waals surface area (Å²) >= 11 is 9.14. The van der Waals surface area contributed by atoms with Crippen LogP contribution in [0, 0.1) is 0 Å². The molecule has 32 heavy (non-hydrogen) atoms. The predicted molar refractivity (Wildman–Crippen MR) is 135 cm³/mol. The molecule has 0 radical (unpaired) electrons. The summed E-state index contributed by atoms with van der Waals surface area (Å²) < 4.78 is 2.48. The number of thioether (sulfide) groups is 1. The molecule has 2 aromatic carbocycles. The third-order valence-electron chi connectivity index (χ3n) is 5.40. The molecule has 0 aliphatic rings. The highest BCUT2D eigenvalue weighted by Gasteiger charge is 2.19. The first-order valence-electron chi connectivity index (χ1n) is 10.3. The average molecular weight is 478 g/mol. The third-order valence-corrected chi connectivity index (χ3v) is 7.77. The van der Waals surface area contributed by atoms with Crippen molar-refractivity contribution in [3.05, 3.63) is 99.4 Å². The van der Waals surface area contributed by atoms with E-state index in [0.29, 0.717) is 27.2 Å². The van der Waals surface area contributed by atoms with Crippen LogP contribution >= 0.6 is 34.7 Å². The molecule has 0 bridgehead atoms. The maximum absolute atomic E-state index is 13.6. The SMILES string of the molecule is C[C@@H](Cn1c(SCc2cccc(Cl)c2)nc2c(sc3ncccc32)c1=O)c1ccccc1. The number of hydrogen-bond acceptors (Lipinski definition) is 5. The predicted octanol–water partition coefficient (Wildman–Crippen LogP) is 6.76. The Morgan fingerprint density at radius 2 is 1.94 bits per heavy atom. The van der Waals surface area contributed by atoms with E-state index in [0.717, 1.165) is 21.3 Å². The summed E-state index contributed by atoms with van der Waals surface area (Å²) in [6, 6.07) is 21.9. The van der Waals surface area contributed by atoms with Gasteiger partial charge in [-0.25, -0.2) is 9.97 Å². The highest BCUT2D eigenvalue weighted by atomic mass is 35.5. The van der Waals surface area contributed by atoms with Crippen LogP contribution in [0.2, 0.25) is 5.02 Å². The molecule has 1 atom stereocenters. The fourth-order valence-electron chi connectivity index (χ4n) is 3.75. The first-order valence-corrected chi connectivity index (χ1v) is 12.5. The Balaban J connectivity index is 1.60. The van der Waals surface area contributed by atoms with Crippen LogP contribution in [-0.2, 0) is 12.3 Å². The number of aromatic nitrogens is 3. The lowest BCUT2D eigenvalue weighted by Gasteiger charge is -2.17. The Morgan fingerprint density at radius 1 is 1.09 bits per heavy atom. The molecule has 0 aliphatic heterocycles. The molecule has 0 aliphatic carbocycles. The second-order valence-corrected chi connectivity index (χ2v) is 10.1. The van der Waals surface area contributed by atoms with Crippen LogP contribution < -0.4 is 5.56 Å². The molecule has 7 heteroatoms. The molecule has 0 spiro atoms. The summed E-state index contributed by atoms with van der Waals surface area (Å²) in [6.07, 6.45) is 1.75. The van der Waals surface area contributed by atoms with E-state index in [1.54, 1.807) is 18.0 Å². The van der Waals surface area contributed by atoms with E-state index in [9.17, 15) is 4.79 Å². The zero-order valence-corrected chi connectivity index (χ0v) is 19.8. The number of pyridine rings is 1. The van der Waals surface area contributed by atoms with Gasteiger partial charge in [0.1, 0.15) is 9.53 Å². The minimum atomic E-state index is -0.00521. The summed E-state index contributed by atoms with van der Waals surface area (Å²) in [5, 5.41) is 2.35. The third kappa shape index (κ3) is 4.18. The van der Waals surface area contributed by atoms with Crippen molar-refractivity contribution in [1.29, 1.82) is 0 Å². The molecule has 0 fully saturated rings. The van der Waals surface area contributed by atoms with Crippen molar-refractivity contribution >= 4 is 55.1 Å². The Kier molecular flexibility index (Phi) is 6.00. The number of hydrogen-bond donors (Lipinski definition) is 0. The molecule has 5 aromatic rings. The summed E-state index contributed by atoms with van der Waals surface area (Å²) in [5.74, 6) is 0.851. The van der Waals surface area contributed by atoms with E-state index < -0.39 is 0 Å². The van der Waals surface area contributed by atoms with Gasteiger partial charge in [-0.05, 0) is 41.3 Å². The minimum absolute atomic E-state index is 0.00521. The van der Waals surface area contributed by atoms with Crippen molar-refractivity contribution in [1.82, 2.24) is 14.5 Å². The van der Waals surface area contributed by atoms with Gasteiger partial charge < -0.3 is 0 Å². The molecule has 0 N–H and O–H groups in total. The second kappa shape index (κ2) is 9.06. The maximum Gasteiger partial charge on any atom is 0.272 e. The standard InChI is InChI=1S/C25H20ClN3OS2/c1-16(18-8-3-2-4-9-18)14-29-24(30)22-21(20-11-6-12-27-23(20)32-22)28-25(29)31-15-17-7-5-10-19(26)13-17/h2-13,16H,14-15H2,1H3/t16-/m0/s1. The number of halogens is 1. The van der Waals surface area contributed by atoms with Crippen LogP contribution in [0.5, 0.6) is 0 Å². The first-order chi connectivity index (χ1) is 15.6. The number of nitrogens with zero attached hydrogens (tertiary/aromatic N) is 3. The van der Waals surface area contributed by atoms with Gasteiger partial charge in [-0.3, -0.25) is 9.36 Å². The lowest BCUT2D eigenvalue weighted by molar-refractivity contribution is 0.532. The van der Waals surface area contributed by atoms with E-state index in [-0.39, 0.29) is 11.5 Å². The van der Waals surface area contributed by atoms with Crippen molar-refractivity contribution in [2.24, 2.45) is 0 Å². The van der Waals surface area contributed by atoms with Gasteiger partial charge in [0.15, 0.2) is 5.16 Å². The van der Waals surface area contributed by atoms with E-state index in [2.05, 4.69) is 24.0 Å². The number of fused-ring (bicyclic) bond motifs is 3. The number of rotatable bonds is 6. The van der Waals surface area contributed by atoms with Crippen LogP contribution in [-0.4, -0.2) is 14.5 Å². The molecule has 0 saturated carbocycles. The van der Waals surface area contributed by atoms with Gasteiger partial charge in [0.05, 0.1) is 5.52 Å². The molecular weight excluding hydrogens is 458 g/mol. The molecule has 3 aromatic heterocycles. The van der Waals surface area contributed by atoms with E-state index in [1.807, 2.05) is 59.2 Å². The van der Waals surface area contributed by atoms with Crippen LogP contribution in [0.4, 0.5) is 0 Å². The molecule has 0 amide bonds. The zero-order valence-electron chi connectivity index (χ0n) is 17.4. The monoisotopic (exact) mass is 477 g/mol. The molecule has 5 rings (SSSR count). The van der Waals surface area contributed by atoms with Gasteiger partial charge in [0, 0.05) is 28.9 Å². The fourth-order valence-corrected chi connectivity index (χ4v) is 5.94. The quantitative estimate of drug-likeness (QED) is 0.200. The van der Waals surface area contributed by atoms with Gasteiger partial charge in [0.25, 0.3) is 5.56 Å². The normalized spacial score (nSPS) is 12.4. The molecule has 4 nitrogen and oxygen atoms in total. The summed E-state index contributed by atoms with van der Waals surface area (Å²) in [5.41, 5.74) is 3.02. The van der Waals surface area contributed by atoms with Crippen molar-refractivity contribution in [2.45, 2.75) is 30.3 Å². The van der Waals surface area contributed by atoms with Crippen LogP contribution in [0.25, 0.3) is 20.4 Å². The lowest BCUT2D eigenvalue weighted by atomic mass is 10.0. The van der Waals surface area contributed by atoms with Gasteiger partial charge >= 0.3 is 0 Å². The molecule has 0 saturated heterocycles. The van der Waals surface area contributed by atoms with Crippen molar-refractivity contribution in [3.8, 4) is 0 Å². The lowest BCUT2D eigenvalue weighted by Crippen LogP contribution is -2.25. The smallest absolute Gasteiger partial charge is 0.272 e. The summed E-state index contributed by atoms with van der Waals surface area (Å²) in [4.78, 5) is 23.9. The highest BCUT2D eigenvalue weighted by molar-refractivity contribution is 7.98. The van der Waals surface area contributed by atoms with Gasteiger partial charge in [-0.1, -0.05) is 72.8 Å². The average Bonchev–Trinajstić information content (AvgIpc) is 3.19. The van der Waals surface area contributed by atoms with Gasteiger partial charge in [-0.15, -0.1) is 11.3 Å². The van der Waals surface area contributed by atoms with Gasteiger partial charge in [0.2, 0.25) is 0 Å². The van der Waals surface area contributed by atoms with Gasteiger partial charge in [-0.2, -0.15) is 0 Å². The number of thiophene rings is 1. The molecule has 0 unspecified atom stereocenters. The Morgan fingerprint density at radius 3 is 2.75 bits per heavy atom. The van der Waals surface area contributed by atoms with Crippen LogP contribution in [0.3, 0.4) is 0 Å². The van der Waals surface area contributed by atoms with E-state index >= 15 is 0 Å². The molecular formula is C25H20ClN3OS2.